The summed E-state index contributed by atoms with van der Waals surface area (Å²) < 4.78 is 32.9. The highest BCUT2D eigenvalue weighted by Gasteiger charge is 2.52. The van der Waals surface area contributed by atoms with E-state index in [9.17, 15) is 17.8 Å². The Hall–Kier alpha value is -1.87. The standard InChI is InChI=1S/C17H18N2O4S2/c1-11-13(9-6-10-14(11)25(21,22)23)17(12-7-4-3-5-8-12)15(20)19(2)16(24)18-17/h3-10,16,18,24H,1-2H3,(H,21,22,23). The molecule has 6 nitrogen and oxygen atoms in total. The molecule has 2 N–H and O–H groups in total. The van der Waals surface area contributed by atoms with Crippen LogP contribution in [-0.4, -0.2) is 36.3 Å². The number of likely N-dealkylation sites (N-methyl/N-ethyl adjacent to an activating group) is 1. The first-order valence-electron chi connectivity index (χ1n) is 7.55. The second-order valence-corrected chi connectivity index (χ2v) is 7.83. The minimum atomic E-state index is -4.41. The molecule has 0 saturated carbocycles. The smallest absolute Gasteiger partial charge is 0.294 e. The second kappa shape index (κ2) is 6.14. The predicted octanol–water partition coefficient (Wildman–Crippen LogP) is 1.76. The molecular formula is C17H18N2O4S2. The fourth-order valence-corrected chi connectivity index (χ4v) is 4.32. The molecule has 132 valence electrons. The summed E-state index contributed by atoms with van der Waals surface area (Å²) in [5.41, 5.74) is -0.388. The summed E-state index contributed by atoms with van der Waals surface area (Å²) in [4.78, 5) is 14.4. The van der Waals surface area contributed by atoms with Crippen molar-refractivity contribution in [2.24, 2.45) is 0 Å². The van der Waals surface area contributed by atoms with Gasteiger partial charge in [-0.15, -0.1) is 12.6 Å². The zero-order valence-corrected chi connectivity index (χ0v) is 15.4. The third-order valence-electron chi connectivity index (χ3n) is 4.53. The molecule has 1 fully saturated rings. The molecule has 1 amide bonds. The number of nitrogens with one attached hydrogen (secondary N) is 1. The molecule has 25 heavy (non-hydrogen) atoms. The Morgan fingerprint density at radius 2 is 1.80 bits per heavy atom. The summed E-state index contributed by atoms with van der Waals surface area (Å²) in [6.07, 6.45) is 0. The van der Waals surface area contributed by atoms with Gasteiger partial charge in [-0.2, -0.15) is 8.42 Å². The van der Waals surface area contributed by atoms with E-state index >= 15 is 0 Å². The van der Waals surface area contributed by atoms with Gasteiger partial charge in [0, 0.05) is 7.05 Å². The Bertz CT molecular complexity index is 931. The number of benzene rings is 2. The van der Waals surface area contributed by atoms with Gasteiger partial charge in [0.2, 0.25) is 0 Å². The molecule has 2 unspecified atom stereocenters. The van der Waals surface area contributed by atoms with Crippen molar-refractivity contribution >= 4 is 28.7 Å². The van der Waals surface area contributed by atoms with Crippen LogP contribution in [0.4, 0.5) is 0 Å². The average molecular weight is 378 g/mol. The number of carbonyl (C=O) groups excluding carboxylic acids is 1. The van der Waals surface area contributed by atoms with Crippen molar-refractivity contribution in [3.63, 3.8) is 0 Å². The van der Waals surface area contributed by atoms with Crippen LogP contribution in [0.3, 0.4) is 0 Å². The number of rotatable bonds is 3. The van der Waals surface area contributed by atoms with E-state index in [4.69, 9.17) is 0 Å². The molecule has 0 bridgehead atoms. The van der Waals surface area contributed by atoms with E-state index in [-0.39, 0.29) is 10.8 Å². The second-order valence-electron chi connectivity index (χ2n) is 5.95. The van der Waals surface area contributed by atoms with Gasteiger partial charge in [0.15, 0.2) is 5.54 Å². The lowest BCUT2D eigenvalue weighted by molar-refractivity contribution is -0.130. The van der Waals surface area contributed by atoms with Crippen molar-refractivity contribution < 1.29 is 17.8 Å². The minimum absolute atomic E-state index is 0.222. The van der Waals surface area contributed by atoms with Gasteiger partial charge >= 0.3 is 0 Å². The molecule has 1 aliphatic heterocycles. The summed E-state index contributed by atoms with van der Waals surface area (Å²) in [7, 11) is -2.79. The maximum Gasteiger partial charge on any atom is 0.294 e. The average Bonchev–Trinajstić information content (AvgIpc) is 2.80. The first-order valence-corrected chi connectivity index (χ1v) is 9.51. The number of hydrogen-bond acceptors (Lipinski definition) is 5. The van der Waals surface area contributed by atoms with Crippen LogP contribution in [0, 0.1) is 6.92 Å². The van der Waals surface area contributed by atoms with Crippen molar-refractivity contribution in [3.8, 4) is 0 Å². The van der Waals surface area contributed by atoms with Gasteiger partial charge in [-0.25, -0.2) is 0 Å². The fourth-order valence-electron chi connectivity index (χ4n) is 3.27. The van der Waals surface area contributed by atoms with E-state index in [0.29, 0.717) is 16.7 Å². The molecule has 0 radical (unpaired) electrons. The van der Waals surface area contributed by atoms with Crippen LogP contribution in [0.1, 0.15) is 16.7 Å². The van der Waals surface area contributed by atoms with Gasteiger partial charge < -0.3 is 4.90 Å². The number of amides is 1. The Kier molecular flexibility index (Phi) is 4.40. The van der Waals surface area contributed by atoms with E-state index in [1.807, 2.05) is 6.07 Å². The van der Waals surface area contributed by atoms with Crippen LogP contribution < -0.4 is 5.32 Å². The minimum Gasteiger partial charge on any atom is -0.319 e. The summed E-state index contributed by atoms with van der Waals surface area (Å²) >= 11 is 4.40. The largest absolute Gasteiger partial charge is 0.319 e. The van der Waals surface area contributed by atoms with Crippen molar-refractivity contribution in [2.75, 3.05) is 7.05 Å². The summed E-state index contributed by atoms with van der Waals surface area (Å²) in [6, 6.07) is 13.5. The monoisotopic (exact) mass is 378 g/mol. The van der Waals surface area contributed by atoms with Crippen LogP contribution in [0.2, 0.25) is 0 Å². The molecule has 0 aromatic heterocycles. The lowest BCUT2D eigenvalue weighted by atomic mass is 9.80. The molecule has 2 atom stereocenters. The van der Waals surface area contributed by atoms with Gasteiger partial charge in [0.1, 0.15) is 5.50 Å². The Labute approximate surface area is 152 Å². The number of thiol groups is 1. The van der Waals surface area contributed by atoms with Gasteiger partial charge in [-0.3, -0.25) is 14.7 Å². The summed E-state index contributed by atoms with van der Waals surface area (Å²) in [6.45, 7) is 1.57. The topological polar surface area (TPSA) is 86.7 Å². The van der Waals surface area contributed by atoms with E-state index in [1.165, 1.54) is 17.0 Å². The zero-order chi connectivity index (χ0) is 18.4. The van der Waals surface area contributed by atoms with Crippen molar-refractivity contribution in [1.82, 2.24) is 10.2 Å². The number of hydrogen-bond donors (Lipinski definition) is 3. The van der Waals surface area contributed by atoms with Gasteiger partial charge in [0.25, 0.3) is 16.0 Å². The van der Waals surface area contributed by atoms with Crippen LogP contribution >= 0.6 is 12.6 Å². The molecule has 3 rings (SSSR count). The molecule has 1 saturated heterocycles. The lowest BCUT2D eigenvalue weighted by Gasteiger charge is -2.30. The quantitative estimate of drug-likeness (QED) is 0.560. The van der Waals surface area contributed by atoms with Crippen molar-refractivity contribution in [2.45, 2.75) is 22.9 Å². The highest BCUT2D eigenvalue weighted by Crippen LogP contribution is 2.40. The van der Waals surface area contributed by atoms with Crippen LogP contribution in [-0.2, 0) is 20.5 Å². The maximum atomic E-state index is 13.2. The van der Waals surface area contributed by atoms with Crippen LogP contribution in [0.25, 0.3) is 0 Å². The van der Waals surface area contributed by atoms with Gasteiger partial charge in [-0.05, 0) is 29.7 Å². The highest BCUT2D eigenvalue weighted by molar-refractivity contribution is 7.85. The third-order valence-corrected chi connectivity index (χ3v) is 6.00. The maximum absolute atomic E-state index is 13.2. The van der Waals surface area contributed by atoms with E-state index in [1.54, 1.807) is 44.3 Å². The molecule has 0 aliphatic carbocycles. The first kappa shape index (κ1) is 17.9. The fraction of sp³-hybridized carbons (Fsp3) is 0.235. The Morgan fingerprint density at radius 1 is 1.16 bits per heavy atom. The van der Waals surface area contributed by atoms with E-state index in [2.05, 4.69) is 17.9 Å². The lowest BCUT2D eigenvalue weighted by Crippen LogP contribution is -2.45. The predicted molar refractivity (Wildman–Crippen MR) is 96.9 cm³/mol. The molecule has 1 heterocycles. The first-order chi connectivity index (χ1) is 11.7. The SMILES string of the molecule is Cc1c(C2(c3ccccc3)NC(S)N(C)C2=O)cccc1S(=O)(=O)O. The highest BCUT2D eigenvalue weighted by atomic mass is 32.2. The number of carbonyl (C=O) groups is 1. The van der Waals surface area contributed by atoms with Crippen LogP contribution in [0.5, 0.6) is 0 Å². The van der Waals surface area contributed by atoms with E-state index < -0.39 is 21.2 Å². The summed E-state index contributed by atoms with van der Waals surface area (Å²) in [5.74, 6) is -0.255. The summed E-state index contributed by atoms with van der Waals surface area (Å²) in [5, 5.41) is 3.18. The molecule has 8 heteroatoms. The third kappa shape index (κ3) is 2.75. The normalized spacial score (nSPS) is 23.9. The number of nitrogens with zero attached hydrogens (tertiary/aromatic N) is 1. The molecule has 2 aromatic rings. The molecule has 2 aromatic carbocycles. The molecule has 0 spiro atoms. The zero-order valence-electron chi connectivity index (χ0n) is 13.7. The van der Waals surface area contributed by atoms with Crippen molar-refractivity contribution in [3.05, 3.63) is 65.2 Å². The molecule has 1 aliphatic rings. The van der Waals surface area contributed by atoms with Crippen LogP contribution in [0.15, 0.2) is 53.4 Å². The Balaban J connectivity index is 2.35. The molecular weight excluding hydrogens is 360 g/mol. The van der Waals surface area contributed by atoms with Crippen molar-refractivity contribution in [1.29, 1.82) is 0 Å². The Morgan fingerprint density at radius 3 is 2.32 bits per heavy atom. The van der Waals surface area contributed by atoms with Gasteiger partial charge in [0.05, 0.1) is 4.90 Å². The van der Waals surface area contributed by atoms with E-state index in [0.717, 1.165) is 0 Å². The van der Waals surface area contributed by atoms with Gasteiger partial charge in [-0.1, -0.05) is 42.5 Å².